The van der Waals surface area contributed by atoms with Crippen molar-refractivity contribution in [3.05, 3.63) is 53.1 Å². The molecule has 0 aliphatic heterocycles. The predicted molar refractivity (Wildman–Crippen MR) is 94.4 cm³/mol. The van der Waals surface area contributed by atoms with Crippen molar-refractivity contribution in [2.45, 2.75) is 27.2 Å². The van der Waals surface area contributed by atoms with E-state index in [1.807, 2.05) is 26.0 Å². The number of hydrogen-bond donors (Lipinski definition) is 0. The molecule has 0 saturated carbocycles. The van der Waals surface area contributed by atoms with Crippen LogP contribution in [0.5, 0.6) is 11.5 Å². The van der Waals surface area contributed by atoms with Gasteiger partial charge in [0.1, 0.15) is 23.1 Å². The molecule has 0 aromatic heterocycles. The zero-order valence-electron chi connectivity index (χ0n) is 14.4. The zero-order chi connectivity index (χ0) is 17.7. The minimum absolute atomic E-state index is 0.142. The first kappa shape index (κ1) is 17.9. The van der Waals surface area contributed by atoms with Crippen LogP contribution in [0.25, 0.3) is 0 Å². The molecule has 0 amide bonds. The highest BCUT2D eigenvalue weighted by atomic mass is 19.1. The molecule has 0 aliphatic rings. The van der Waals surface area contributed by atoms with E-state index in [2.05, 4.69) is 16.8 Å². The minimum Gasteiger partial charge on any atom is -0.457 e. The summed E-state index contributed by atoms with van der Waals surface area (Å²) in [6.45, 7) is 6.84. The Morgan fingerprint density at radius 1 is 1.04 bits per heavy atom. The molecule has 2 rings (SSSR count). The topological polar surface area (TPSA) is 24.8 Å². The molecule has 0 N–H and O–H groups in total. The van der Waals surface area contributed by atoms with Gasteiger partial charge in [0.25, 0.3) is 0 Å². The molecule has 0 spiro atoms. The number of rotatable bonds is 6. The van der Waals surface area contributed by atoms with E-state index in [9.17, 15) is 8.78 Å². The van der Waals surface area contributed by atoms with E-state index in [-0.39, 0.29) is 5.75 Å². The molecule has 0 atom stereocenters. The van der Waals surface area contributed by atoms with Crippen molar-refractivity contribution in [2.75, 3.05) is 18.5 Å². The molecule has 0 radical (unpaired) electrons. The fraction of sp³-hybridized carbons (Fsp3) is 0.316. The molecule has 0 bridgehead atoms. The van der Waals surface area contributed by atoms with Gasteiger partial charge in [0.2, 0.25) is 0 Å². The van der Waals surface area contributed by atoms with Gasteiger partial charge in [0.15, 0.2) is 0 Å². The van der Waals surface area contributed by atoms with Crippen molar-refractivity contribution in [3.8, 4) is 11.5 Å². The molecule has 3 nitrogen and oxygen atoms in total. The predicted octanol–water partition coefficient (Wildman–Crippen LogP) is 5.25. The van der Waals surface area contributed by atoms with Crippen molar-refractivity contribution in [3.63, 3.8) is 0 Å². The zero-order valence-corrected chi connectivity index (χ0v) is 14.4. The van der Waals surface area contributed by atoms with E-state index >= 15 is 0 Å². The third-order valence-corrected chi connectivity index (χ3v) is 3.59. The maximum absolute atomic E-state index is 13.3. The summed E-state index contributed by atoms with van der Waals surface area (Å²) in [7, 11) is 1.74. The van der Waals surface area contributed by atoms with Crippen molar-refractivity contribution < 1.29 is 13.5 Å². The second-order valence-corrected chi connectivity index (χ2v) is 5.68. The lowest BCUT2D eigenvalue weighted by Gasteiger charge is -2.22. The van der Waals surface area contributed by atoms with Gasteiger partial charge in [-0.25, -0.2) is 8.78 Å². The van der Waals surface area contributed by atoms with Crippen LogP contribution in [0.15, 0.2) is 35.3 Å². The van der Waals surface area contributed by atoms with E-state index in [1.165, 1.54) is 12.1 Å². The molecule has 0 heterocycles. The van der Waals surface area contributed by atoms with Crippen LogP contribution in [0.3, 0.4) is 0 Å². The lowest BCUT2D eigenvalue weighted by atomic mass is 10.1. The van der Waals surface area contributed by atoms with Crippen LogP contribution in [0.4, 0.5) is 14.5 Å². The van der Waals surface area contributed by atoms with Gasteiger partial charge in [-0.1, -0.05) is 6.92 Å². The lowest BCUT2D eigenvalue weighted by molar-refractivity contribution is 0.465. The maximum Gasteiger partial charge on any atom is 0.133 e. The van der Waals surface area contributed by atoms with Crippen LogP contribution in [0.1, 0.15) is 24.5 Å². The minimum atomic E-state index is -0.663. The monoisotopic (exact) mass is 332 g/mol. The van der Waals surface area contributed by atoms with Gasteiger partial charge in [-0.3, -0.25) is 4.99 Å². The fourth-order valence-electron chi connectivity index (χ4n) is 2.53. The van der Waals surface area contributed by atoms with Gasteiger partial charge in [0, 0.05) is 37.5 Å². The van der Waals surface area contributed by atoms with Gasteiger partial charge in [0.05, 0.1) is 6.34 Å². The summed E-state index contributed by atoms with van der Waals surface area (Å²) in [5, 5.41) is 0. The van der Waals surface area contributed by atoms with E-state index in [1.54, 1.807) is 13.4 Å². The second-order valence-electron chi connectivity index (χ2n) is 5.68. The first-order valence-corrected chi connectivity index (χ1v) is 7.88. The highest BCUT2D eigenvalue weighted by molar-refractivity contribution is 5.81. The van der Waals surface area contributed by atoms with Crippen LogP contribution in [-0.2, 0) is 0 Å². The summed E-state index contributed by atoms with van der Waals surface area (Å²) in [6, 6.07) is 7.02. The fourth-order valence-corrected chi connectivity index (χ4v) is 2.53. The summed E-state index contributed by atoms with van der Waals surface area (Å²) >= 11 is 0. The average molecular weight is 332 g/mol. The molecule has 0 unspecified atom stereocenters. The molecule has 24 heavy (non-hydrogen) atoms. The van der Waals surface area contributed by atoms with Gasteiger partial charge in [-0.05, 0) is 43.5 Å². The van der Waals surface area contributed by atoms with Crippen LogP contribution in [-0.4, -0.2) is 19.9 Å². The standard InChI is InChI=1S/C19H22F2N2O/c1-5-6-23(12-22-4)18-7-14(3)19(8-13(18)2)24-17-10-15(20)9-16(21)11-17/h7-12H,5-6H2,1-4H3. The van der Waals surface area contributed by atoms with Crippen molar-refractivity contribution in [1.29, 1.82) is 0 Å². The Bertz CT molecular complexity index is 724. The quantitative estimate of drug-likeness (QED) is 0.533. The first-order chi connectivity index (χ1) is 11.4. The third kappa shape index (κ3) is 4.31. The van der Waals surface area contributed by atoms with Crippen molar-refractivity contribution in [1.82, 2.24) is 0 Å². The average Bonchev–Trinajstić information content (AvgIpc) is 2.49. The van der Waals surface area contributed by atoms with Gasteiger partial charge < -0.3 is 9.64 Å². The number of aryl methyl sites for hydroxylation is 2. The summed E-state index contributed by atoms with van der Waals surface area (Å²) in [4.78, 5) is 6.18. The van der Waals surface area contributed by atoms with E-state index in [4.69, 9.17) is 4.74 Å². The molecule has 2 aromatic carbocycles. The molecule has 128 valence electrons. The Hall–Kier alpha value is -2.43. The number of nitrogens with zero attached hydrogens (tertiary/aromatic N) is 2. The highest BCUT2D eigenvalue weighted by Gasteiger charge is 2.12. The molecule has 0 aliphatic carbocycles. The summed E-state index contributed by atoms with van der Waals surface area (Å²) in [6.07, 6.45) is 2.79. The van der Waals surface area contributed by atoms with Crippen LogP contribution in [0.2, 0.25) is 0 Å². The number of hydrogen-bond acceptors (Lipinski definition) is 2. The lowest BCUT2D eigenvalue weighted by Crippen LogP contribution is -2.23. The molecular weight excluding hydrogens is 310 g/mol. The van der Waals surface area contributed by atoms with Crippen LogP contribution < -0.4 is 9.64 Å². The molecule has 2 aromatic rings. The van der Waals surface area contributed by atoms with Crippen LogP contribution >= 0.6 is 0 Å². The number of benzene rings is 2. The molecule has 0 saturated heterocycles. The largest absolute Gasteiger partial charge is 0.457 e. The maximum atomic E-state index is 13.3. The van der Waals surface area contributed by atoms with Crippen LogP contribution in [0, 0.1) is 25.5 Å². The van der Waals surface area contributed by atoms with E-state index in [0.717, 1.165) is 35.8 Å². The van der Waals surface area contributed by atoms with E-state index < -0.39 is 11.6 Å². The number of ether oxygens (including phenoxy) is 1. The SMILES string of the molecule is CCCN(C=NC)c1cc(C)c(Oc2cc(F)cc(F)c2)cc1C. The normalized spacial score (nSPS) is 11.1. The first-order valence-electron chi connectivity index (χ1n) is 7.88. The molecule has 5 heteroatoms. The second kappa shape index (κ2) is 7.90. The Morgan fingerprint density at radius 2 is 1.71 bits per heavy atom. The van der Waals surface area contributed by atoms with Gasteiger partial charge in [-0.15, -0.1) is 0 Å². The van der Waals surface area contributed by atoms with Gasteiger partial charge >= 0.3 is 0 Å². The summed E-state index contributed by atoms with van der Waals surface area (Å²) in [5.41, 5.74) is 2.92. The van der Waals surface area contributed by atoms with Crippen molar-refractivity contribution >= 4 is 12.0 Å². The molecule has 0 fully saturated rings. The Labute approximate surface area is 141 Å². The highest BCUT2D eigenvalue weighted by Crippen LogP contribution is 2.32. The van der Waals surface area contributed by atoms with Gasteiger partial charge in [-0.2, -0.15) is 0 Å². The molecular formula is C19H22F2N2O. The number of halogens is 2. The van der Waals surface area contributed by atoms with E-state index in [0.29, 0.717) is 5.75 Å². The summed E-state index contributed by atoms with van der Waals surface area (Å²) in [5.74, 6) is -0.608. The number of aliphatic imine (C=N–C) groups is 1. The Kier molecular flexibility index (Phi) is 5.90. The Morgan fingerprint density at radius 3 is 2.29 bits per heavy atom. The third-order valence-electron chi connectivity index (χ3n) is 3.59. The Balaban J connectivity index is 2.35. The smallest absolute Gasteiger partial charge is 0.133 e. The number of anilines is 1. The van der Waals surface area contributed by atoms with Crippen molar-refractivity contribution in [2.24, 2.45) is 4.99 Å². The summed E-state index contributed by atoms with van der Waals surface area (Å²) < 4.78 is 32.3.